The van der Waals surface area contributed by atoms with Crippen molar-refractivity contribution < 1.29 is 19.1 Å². The molecule has 0 spiro atoms. The van der Waals surface area contributed by atoms with E-state index in [2.05, 4.69) is 17.4 Å². The van der Waals surface area contributed by atoms with Crippen LogP contribution in [-0.2, 0) is 20.7 Å². The van der Waals surface area contributed by atoms with Crippen LogP contribution in [0.5, 0.6) is 5.75 Å². The molecule has 2 aromatic rings. The zero-order valence-electron chi connectivity index (χ0n) is 15.3. The number of benzene rings is 2. The van der Waals surface area contributed by atoms with Crippen LogP contribution in [0.25, 0.3) is 6.08 Å². The van der Waals surface area contributed by atoms with Gasteiger partial charge in [0.15, 0.2) is 6.61 Å². The van der Waals surface area contributed by atoms with E-state index in [9.17, 15) is 9.59 Å². The van der Waals surface area contributed by atoms with Crippen LogP contribution in [0.3, 0.4) is 0 Å². The molecule has 0 saturated carbocycles. The molecule has 0 saturated heterocycles. The first-order chi connectivity index (χ1) is 13.1. The van der Waals surface area contributed by atoms with Crippen molar-refractivity contribution in [1.82, 2.24) is 5.32 Å². The maximum absolute atomic E-state index is 12.2. The summed E-state index contributed by atoms with van der Waals surface area (Å²) < 4.78 is 10.7. The molecule has 140 valence electrons. The summed E-state index contributed by atoms with van der Waals surface area (Å²) in [5, 5.41) is 2.86. The van der Waals surface area contributed by atoms with Crippen molar-refractivity contribution in [3.63, 3.8) is 0 Å². The summed E-state index contributed by atoms with van der Waals surface area (Å²) in [5.41, 5.74) is 2.46. The number of carbonyl (C=O) groups excluding carboxylic acids is 2. The van der Waals surface area contributed by atoms with Crippen LogP contribution in [0, 0.1) is 0 Å². The first-order valence-corrected chi connectivity index (χ1v) is 9.04. The summed E-state index contributed by atoms with van der Waals surface area (Å²) in [7, 11) is 0. The SMILES string of the molecule is C[C@H](CCc1ccccc1)NC(=O)COC(=O)C1=Cc2ccccc2OC1. The van der Waals surface area contributed by atoms with E-state index in [-0.39, 0.29) is 25.2 Å². The maximum Gasteiger partial charge on any atom is 0.338 e. The normalized spacial score (nSPS) is 13.6. The molecule has 1 aliphatic heterocycles. The average molecular weight is 365 g/mol. The summed E-state index contributed by atoms with van der Waals surface area (Å²) in [6.45, 7) is 1.79. The predicted molar refractivity (Wildman–Crippen MR) is 103 cm³/mol. The van der Waals surface area contributed by atoms with Gasteiger partial charge in [0.2, 0.25) is 0 Å². The van der Waals surface area contributed by atoms with E-state index in [1.807, 2.05) is 49.4 Å². The molecule has 5 heteroatoms. The molecule has 1 heterocycles. The lowest BCUT2D eigenvalue weighted by Crippen LogP contribution is -2.36. The standard InChI is InChI=1S/C22H23NO4/c1-16(11-12-17-7-3-2-4-8-17)23-21(24)15-27-22(25)19-13-18-9-5-6-10-20(18)26-14-19/h2-10,13,16H,11-12,14-15H2,1H3,(H,23,24)/t16-/m1/s1. The Morgan fingerprint density at radius 2 is 1.85 bits per heavy atom. The van der Waals surface area contributed by atoms with Crippen LogP contribution in [0.2, 0.25) is 0 Å². The summed E-state index contributed by atoms with van der Waals surface area (Å²) in [4.78, 5) is 24.2. The third kappa shape index (κ3) is 5.45. The zero-order chi connectivity index (χ0) is 19.1. The fourth-order valence-electron chi connectivity index (χ4n) is 2.87. The molecular formula is C22H23NO4. The molecule has 0 radical (unpaired) electrons. The van der Waals surface area contributed by atoms with E-state index < -0.39 is 5.97 Å². The topological polar surface area (TPSA) is 64.6 Å². The number of amides is 1. The highest BCUT2D eigenvalue weighted by Gasteiger charge is 2.19. The van der Waals surface area contributed by atoms with Gasteiger partial charge in [0.25, 0.3) is 5.91 Å². The Morgan fingerprint density at radius 1 is 1.11 bits per heavy atom. The Hall–Kier alpha value is -3.08. The summed E-state index contributed by atoms with van der Waals surface area (Å²) in [6.07, 6.45) is 3.44. The van der Waals surface area contributed by atoms with Crippen molar-refractivity contribution in [3.8, 4) is 5.75 Å². The number of fused-ring (bicyclic) bond motifs is 1. The second-order valence-corrected chi connectivity index (χ2v) is 6.57. The van der Waals surface area contributed by atoms with Crippen molar-refractivity contribution in [3.05, 3.63) is 71.3 Å². The van der Waals surface area contributed by atoms with Gasteiger partial charge in [0.05, 0.1) is 5.57 Å². The van der Waals surface area contributed by atoms with Crippen LogP contribution in [0.1, 0.15) is 24.5 Å². The fraction of sp³-hybridized carbons (Fsp3) is 0.273. The van der Waals surface area contributed by atoms with E-state index in [1.165, 1.54) is 5.56 Å². The summed E-state index contributed by atoms with van der Waals surface area (Å²) in [6, 6.07) is 17.6. The number of para-hydroxylation sites is 1. The van der Waals surface area contributed by atoms with Crippen molar-refractivity contribution >= 4 is 18.0 Å². The first-order valence-electron chi connectivity index (χ1n) is 9.04. The van der Waals surface area contributed by atoms with Gasteiger partial charge in [-0.15, -0.1) is 0 Å². The van der Waals surface area contributed by atoms with Gasteiger partial charge >= 0.3 is 5.97 Å². The number of esters is 1. The van der Waals surface area contributed by atoms with Crippen LogP contribution in [-0.4, -0.2) is 31.1 Å². The van der Waals surface area contributed by atoms with Gasteiger partial charge in [0.1, 0.15) is 12.4 Å². The third-order valence-corrected chi connectivity index (χ3v) is 4.34. The Kier molecular flexibility index (Phi) is 6.26. The molecule has 1 aliphatic rings. The Labute approximate surface area is 159 Å². The Balaban J connectivity index is 1.42. The van der Waals surface area contributed by atoms with Gasteiger partial charge in [-0.3, -0.25) is 4.79 Å². The molecule has 27 heavy (non-hydrogen) atoms. The lowest BCUT2D eigenvalue weighted by atomic mass is 10.1. The molecule has 5 nitrogen and oxygen atoms in total. The molecular weight excluding hydrogens is 342 g/mol. The largest absolute Gasteiger partial charge is 0.488 e. The van der Waals surface area contributed by atoms with Gasteiger partial charge in [-0.1, -0.05) is 48.5 Å². The minimum Gasteiger partial charge on any atom is -0.488 e. The van der Waals surface area contributed by atoms with E-state index in [0.29, 0.717) is 5.57 Å². The molecule has 3 rings (SSSR count). The quantitative estimate of drug-likeness (QED) is 0.766. The number of rotatable bonds is 7. The number of nitrogens with one attached hydrogen (secondary N) is 1. The number of ether oxygens (including phenoxy) is 2. The molecule has 2 aromatic carbocycles. The summed E-state index contributed by atoms with van der Waals surface area (Å²) in [5.74, 6) is -0.0998. The van der Waals surface area contributed by atoms with Gasteiger partial charge in [0, 0.05) is 11.6 Å². The van der Waals surface area contributed by atoms with Gasteiger partial charge in [-0.25, -0.2) is 4.79 Å². The van der Waals surface area contributed by atoms with Gasteiger partial charge < -0.3 is 14.8 Å². The van der Waals surface area contributed by atoms with Crippen molar-refractivity contribution in [2.75, 3.05) is 13.2 Å². The molecule has 0 bridgehead atoms. The number of hydrogen-bond acceptors (Lipinski definition) is 4. The van der Waals surface area contributed by atoms with Gasteiger partial charge in [-0.05, 0) is 37.5 Å². The van der Waals surface area contributed by atoms with Crippen molar-refractivity contribution in [1.29, 1.82) is 0 Å². The molecule has 0 fully saturated rings. The number of hydrogen-bond donors (Lipinski definition) is 1. The lowest BCUT2D eigenvalue weighted by Gasteiger charge is -2.17. The highest BCUT2D eigenvalue weighted by atomic mass is 16.5. The van der Waals surface area contributed by atoms with Crippen LogP contribution >= 0.6 is 0 Å². The van der Waals surface area contributed by atoms with Crippen LogP contribution in [0.4, 0.5) is 0 Å². The predicted octanol–water partition coefficient (Wildman–Crippen LogP) is 3.14. The molecule has 0 unspecified atom stereocenters. The monoisotopic (exact) mass is 365 g/mol. The van der Waals surface area contributed by atoms with Crippen molar-refractivity contribution in [2.45, 2.75) is 25.8 Å². The highest BCUT2D eigenvalue weighted by molar-refractivity contribution is 5.96. The molecule has 1 atom stereocenters. The molecule has 0 aromatic heterocycles. The maximum atomic E-state index is 12.2. The lowest BCUT2D eigenvalue weighted by molar-refractivity contribution is -0.145. The molecule has 1 N–H and O–H groups in total. The van der Waals surface area contributed by atoms with E-state index in [4.69, 9.17) is 9.47 Å². The third-order valence-electron chi connectivity index (χ3n) is 4.34. The zero-order valence-corrected chi connectivity index (χ0v) is 15.3. The smallest absolute Gasteiger partial charge is 0.338 e. The number of aryl methyl sites for hydroxylation is 1. The first kappa shape index (κ1) is 18.7. The Morgan fingerprint density at radius 3 is 2.67 bits per heavy atom. The number of carbonyl (C=O) groups is 2. The average Bonchev–Trinajstić information content (AvgIpc) is 2.71. The Bertz CT molecular complexity index is 829. The minimum atomic E-state index is -0.531. The second-order valence-electron chi connectivity index (χ2n) is 6.57. The summed E-state index contributed by atoms with van der Waals surface area (Å²) >= 11 is 0. The van der Waals surface area contributed by atoms with Crippen LogP contribution < -0.4 is 10.1 Å². The van der Waals surface area contributed by atoms with Crippen LogP contribution in [0.15, 0.2) is 60.2 Å². The van der Waals surface area contributed by atoms with Crippen molar-refractivity contribution in [2.24, 2.45) is 0 Å². The molecule has 0 aliphatic carbocycles. The second kappa shape index (κ2) is 9.03. The van der Waals surface area contributed by atoms with E-state index >= 15 is 0 Å². The van der Waals surface area contributed by atoms with Gasteiger partial charge in [-0.2, -0.15) is 0 Å². The molecule has 1 amide bonds. The highest BCUT2D eigenvalue weighted by Crippen LogP contribution is 2.26. The minimum absolute atomic E-state index is 0.000476. The van der Waals surface area contributed by atoms with E-state index in [1.54, 1.807) is 6.08 Å². The van der Waals surface area contributed by atoms with E-state index in [0.717, 1.165) is 24.2 Å². The fourth-order valence-corrected chi connectivity index (χ4v) is 2.87.